The van der Waals surface area contributed by atoms with Crippen molar-refractivity contribution in [3.63, 3.8) is 0 Å². The van der Waals surface area contributed by atoms with Crippen LogP contribution in [0.25, 0.3) is 0 Å². The summed E-state index contributed by atoms with van der Waals surface area (Å²) in [5.74, 6) is -0.515. The van der Waals surface area contributed by atoms with Crippen LogP contribution in [0.15, 0.2) is 23.8 Å². The maximum Gasteiger partial charge on any atom is 0.264 e. The molecule has 2 N–H and O–H groups in total. The molecule has 1 aliphatic heterocycles. The van der Waals surface area contributed by atoms with Gasteiger partial charge in [-0.1, -0.05) is 0 Å². The van der Waals surface area contributed by atoms with Crippen molar-refractivity contribution >= 4 is 23.2 Å². The minimum Gasteiger partial charge on any atom is -0.366 e. The summed E-state index contributed by atoms with van der Waals surface area (Å²) in [5, 5.41) is 5.97. The number of aromatic nitrogens is 2. The minimum atomic E-state index is -0.498. The fraction of sp³-hybridized carbons (Fsp3) is 0.438. The number of hydrogen-bond donors (Lipinski definition) is 1. The molecule has 1 fully saturated rings. The van der Waals surface area contributed by atoms with Gasteiger partial charge in [0.2, 0.25) is 5.91 Å². The van der Waals surface area contributed by atoms with Crippen LogP contribution in [0.5, 0.6) is 0 Å². The summed E-state index contributed by atoms with van der Waals surface area (Å²) in [6.45, 7) is 3.45. The summed E-state index contributed by atoms with van der Waals surface area (Å²) in [5.41, 5.74) is 6.78. The van der Waals surface area contributed by atoms with E-state index in [1.165, 1.54) is 11.3 Å². The molecule has 3 heterocycles. The van der Waals surface area contributed by atoms with E-state index in [4.69, 9.17) is 5.73 Å². The average Bonchev–Trinajstić information content (AvgIpc) is 3.16. The van der Waals surface area contributed by atoms with Crippen LogP contribution in [-0.2, 0) is 6.54 Å². The van der Waals surface area contributed by atoms with Crippen molar-refractivity contribution in [2.24, 2.45) is 5.73 Å². The Morgan fingerprint density at radius 3 is 2.91 bits per heavy atom. The van der Waals surface area contributed by atoms with Gasteiger partial charge in [0, 0.05) is 18.1 Å². The average molecular weight is 332 g/mol. The molecule has 2 aromatic heterocycles. The largest absolute Gasteiger partial charge is 0.366 e. The zero-order valence-corrected chi connectivity index (χ0v) is 13.9. The van der Waals surface area contributed by atoms with Gasteiger partial charge in [-0.3, -0.25) is 14.3 Å². The Labute approximate surface area is 138 Å². The maximum atomic E-state index is 12.8. The molecule has 122 valence electrons. The van der Waals surface area contributed by atoms with Crippen LogP contribution in [0, 0.1) is 6.92 Å². The standard InChI is InChI=1S/C16H20N4O2S/c1-11-7-18-19(8-11)9-13-4-2-3-5-20(13)16(22)14-6-12(10-23-14)15(17)21/h6-8,10,13H,2-5,9H2,1H3,(H2,17,21)/t13-/m1/s1. The molecule has 2 aromatic rings. The Balaban J connectivity index is 1.76. The van der Waals surface area contributed by atoms with E-state index in [1.807, 2.05) is 28.9 Å². The summed E-state index contributed by atoms with van der Waals surface area (Å²) in [6.07, 6.45) is 6.92. The summed E-state index contributed by atoms with van der Waals surface area (Å²) >= 11 is 1.28. The molecule has 0 bridgehead atoms. The van der Waals surface area contributed by atoms with Crippen LogP contribution >= 0.6 is 11.3 Å². The third-order valence-electron chi connectivity index (χ3n) is 4.14. The summed E-state index contributed by atoms with van der Waals surface area (Å²) in [4.78, 5) is 26.5. The van der Waals surface area contributed by atoms with Crippen LogP contribution in [-0.4, -0.2) is 39.1 Å². The van der Waals surface area contributed by atoms with Gasteiger partial charge in [-0.2, -0.15) is 5.10 Å². The molecule has 6 nitrogen and oxygen atoms in total. The molecule has 0 aromatic carbocycles. The Kier molecular flexibility index (Phi) is 4.47. The highest BCUT2D eigenvalue weighted by molar-refractivity contribution is 7.12. The van der Waals surface area contributed by atoms with E-state index in [-0.39, 0.29) is 11.9 Å². The third-order valence-corrected chi connectivity index (χ3v) is 5.06. The molecule has 0 unspecified atom stereocenters. The predicted molar refractivity (Wildman–Crippen MR) is 88.5 cm³/mol. The van der Waals surface area contributed by atoms with E-state index in [0.717, 1.165) is 31.4 Å². The molecule has 2 amide bonds. The lowest BCUT2D eigenvalue weighted by atomic mass is 10.0. The van der Waals surface area contributed by atoms with Crippen LogP contribution < -0.4 is 5.73 Å². The van der Waals surface area contributed by atoms with Crippen molar-refractivity contribution in [2.45, 2.75) is 38.8 Å². The minimum absolute atomic E-state index is 0.0175. The highest BCUT2D eigenvalue weighted by Gasteiger charge is 2.29. The lowest BCUT2D eigenvalue weighted by molar-refractivity contribution is 0.0589. The Hall–Kier alpha value is -2.15. The number of likely N-dealkylation sites (tertiary alicyclic amines) is 1. The van der Waals surface area contributed by atoms with Gasteiger partial charge in [0.1, 0.15) is 0 Å². The van der Waals surface area contributed by atoms with E-state index < -0.39 is 5.91 Å². The van der Waals surface area contributed by atoms with Gasteiger partial charge in [0.15, 0.2) is 0 Å². The SMILES string of the molecule is Cc1cnn(C[C@H]2CCCCN2C(=O)c2cc(C(N)=O)cs2)c1. The van der Waals surface area contributed by atoms with Crippen molar-refractivity contribution in [3.8, 4) is 0 Å². The van der Waals surface area contributed by atoms with Crippen molar-refractivity contribution in [3.05, 3.63) is 39.8 Å². The third kappa shape index (κ3) is 3.44. The van der Waals surface area contributed by atoms with Crippen LogP contribution in [0.4, 0.5) is 0 Å². The number of nitrogens with zero attached hydrogens (tertiary/aromatic N) is 3. The highest BCUT2D eigenvalue weighted by Crippen LogP contribution is 2.24. The number of hydrogen-bond acceptors (Lipinski definition) is 4. The number of aryl methyl sites for hydroxylation is 1. The molecule has 3 rings (SSSR count). The molecule has 0 aliphatic carbocycles. The second-order valence-electron chi connectivity index (χ2n) is 5.95. The van der Waals surface area contributed by atoms with E-state index in [9.17, 15) is 9.59 Å². The summed E-state index contributed by atoms with van der Waals surface area (Å²) < 4.78 is 1.90. The number of carbonyl (C=O) groups is 2. The van der Waals surface area contributed by atoms with Gasteiger partial charge >= 0.3 is 0 Å². The van der Waals surface area contributed by atoms with Crippen molar-refractivity contribution in [1.29, 1.82) is 0 Å². The van der Waals surface area contributed by atoms with Crippen LogP contribution in [0.3, 0.4) is 0 Å². The Morgan fingerprint density at radius 2 is 2.26 bits per heavy atom. The van der Waals surface area contributed by atoms with Gasteiger partial charge in [0.05, 0.1) is 29.2 Å². The number of nitrogens with two attached hydrogens (primary N) is 1. The first-order chi connectivity index (χ1) is 11.0. The number of carbonyl (C=O) groups excluding carboxylic acids is 2. The summed E-state index contributed by atoms with van der Waals surface area (Å²) in [6, 6.07) is 1.73. The van der Waals surface area contributed by atoms with Crippen LogP contribution in [0.1, 0.15) is 44.9 Å². The molecule has 23 heavy (non-hydrogen) atoms. The summed E-state index contributed by atoms with van der Waals surface area (Å²) in [7, 11) is 0. The number of piperidine rings is 1. The highest BCUT2D eigenvalue weighted by atomic mass is 32.1. The Bertz CT molecular complexity index is 721. The number of amides is 2. The molecule has 0 saturated carbocycles. The molecular weight excluding hydrogens is 312 g/mol. The van der Waals surface area contributed by atoms with Crippen molar-refractivity contribution in [1.82, 2.24) is 14.7 Å². The quantitative estimate of drug-likeness (QED) is 0.930. The van der Waals surface area contributed by atoms with Gasteiger partial charge in [-0.15, -0.1) is 11.3 Å². The Morgan fingerprint density at radius 1 is 1.43 bits per heavy atom. The molecule has 1 atom stereocenters. The van der Waals surface area contributed by atoms with E-state index in [0.29, 0.717) is 17.0 Å². The van der Waals surface area contributed by atoms with E-state index >= 15 is 0 Å². The fourth-order valence-corrected chi connectivity index (χ4v) is 3.81. The second kappa shape index (κ2) is 6.54. The van der Waals surface area contributed by atoms with Crippen molar-refractivity contribution in [2.75, 3.05) is 6.54 Å². The predicted octanol–water partition coefficient (Wildman–Crippen LogP) is 2.05. The second-order valence-corrected chi connectivity index (χ2v) is 6.86. The molecule has 1 saturated heterocycles. The van der Waals surface area contributed by atoms with E-state index in [2.05, 4.69) is 5.10 Å². The van der Waals surface area contributed by atoms with Gasteiger partial charge < -0.3 is 10.6 Å². The van der Waals surface area contributed by atoms with Gasteiger partial charge in [0.25, 0.3) is 5.91 Å². The van der Waals surface area contributed by atoms with E-state index in [1.54, 1.807) is 11.4 Å². The maximum absolute atomic E-state index is 12.8. The molecule has 0 radical (unpaired) electrons. The van der Waals surface area contributed by atoms with Crippen LogP contribution in [0.2, 0.25) is 0 Å². The molecular formula is C16H20N4O2S. The fourth-order valence-electron chi connectivity index (χ4n) is 2.96. The first-order valence-corrected chi connectivity index (χ1v) is 8.61. The topological polar surface area (TPSA) is 81.2 Å². The monoisotopic (exact) mass is 332 g/mol. The van der Waals surface area contributed by atoms with Gasteiger partial charge in [-0.25, -0.2) is 0 Å². The normalized spacial score (nSPS) is 18.1. The number of thiophene rings is 1. The molecule has 0 spiro atoms. The first-order valence-electron chi connectivity index (χ1n) is 7.73. The lowest BCUT2D eigenvalue weighted by Crippen LogP contribution is -2.45. The van der Waals surface area contributed by atoms with Gasteiger partial charge in [-0.05, 0) is 37.8 Å². The zero-order chi connectivity index (χ0) is 16.4. The number of rotatable bonds is 4. The number of primary amides is 1. The smallest absolute Gasteiger partial charge is 0.264 e. The van der Waals surface area contributed by atoms with Crippen molar-refractivity contribution < 1.29 is 9.59 Å². The molecule has 7 heteroatoms. The lowest BCUT2D eigenvalue weighted by Gasteiger charge is -2.35. The zero-order valence-electron chi connectivity index (χ0n) is 13.1. The first kappa shape index (κ1) is 15.7. The molecule has 1 aliphatic rings.